The van der Waals surface area contributed by atoms with Crippen molar-refractivity contribution in [1.82, 2.24) is 0 Å². The number of fused-ring (bicyclic) bond motifs is 2. The molecule has 4 aromatic rings. The maximum absolute atomic E-state index is 8.49. The highest BCUT2D eigenvalue weighted by Gasteiger charge is 2.15. The number of H-pyrrole nitrogens is 2. The van der Waals surface area contributed by atoms with E-state index in [0.29, 0.717) is 0 Å². The van der Waals surface area contributed by atoms with Crippen LogP contribution in [0.5, 0.6) is 0 Å². The van der Waals surface area contributed by atoms with Gasteiger partial charge in [-0.15, -0.1) is 20.5 Å². The minimum absolute atomic E-state index is 1.06. The van der Waals surface area contributed by atoms with Crippen LogP contribution in [-0.4, -0.2) is 0 Å². The van der Waals surface area contributed by atoms with Gasteiger partial charge in [0, 0.05) is 12.1 Å². The van der Waals surface area contributed by atoms with Gasteiger partial charge in [0.2, 0.25) is 21.0 Å². The van der Waals surface area contributed by atoms with Gasteiger partial charge < -0.3 is 0 Å². The highest BCUT2D eigenvalue weighted by Crippen LogP contribution is 2.21. The molecule has 0 saturated heterocycles. The van der Waals surface area contributed by atoms with E-state index in [9.17, 15) is 0 Å². The van der Waals surface area contributed by atoms with E-state index in [1.807, 2.05) is 22.7 Å². The number of hydrogen-bond donors (Lipinski definition) is 0. The van der Waals surface area contributed by atoms with Crippen molar-refractivity contribution in [3.63, 3.8) is 0 Å². The first-order valence-electron chi connectivity index (χ1n) is 7.91. The van der Waals surface area contributed by atoms with E-state index in [4.69, 9.17) is 37.3 Å². The Labute approximate surface area is 182 Å². The Kier molecular flexibility index (Phi) is 8.81. The molecule has 0 aliphatic rings. The third kappa shape index (κ3) is 9.99. The molecule has 0 bridgehead atoms. The first-order chi connectivity index (χ1) is 13.9. The molecule has 0 unspecified atom stereocenters. The fourth-order valence-electron chi connectivity index (χ4n) is 2.39. The minimum Gasteiger partial charge on any atom is -0.222 e. The summed E-state index contributed by atoms with van der Waals surface area (Å²) >= 11 is 3.72. The monoisotopic (exact) mass is 496 g/mol. The van der Waals surface area contributed by atoms with Gasteiger partial charge in [-0.2, -0.15) is 9.97 Å². The van der Waals surface area contributed by atoms with Crippen LogP contribution in [0.15, 0.2) is 48.5 Å². The van der Waals surface area contributed by atoms with E-state index >= 15 is 0 Å². The molecule has 0 fully saturated rings. The Hall–Kier alpha value is -1.52. The third-order valence-electron chi connectivity index (χ3n) is 3.37. The summed E-state index contributed by atoms with van der Waals surface area (Å²) in [6.45, 7) is 0. The van der Waals surface area contributed by atoms with Crippen molar-refractivity contribution in [3.05, 3.63) is 58.5 Å². The molecule has 30 heavy (non-hydrogen) atoms. The second-order valence-corrected chi connectivity index (χ2v) is 9.33. The topological polar surface area (TPSA) is 213 Å². The summed E-state index contributed by atoms with van der Waals surface area (Å²) < 4.78 is 70.6. The summed E-state index contributed by atoms with van der Waals surface area (Å²) in [7, 11) is -9.89. The summed E-state index contributed by atoms with van der Waals surface area (Å²) in [5.41, 5.74) is 2.49. The van der Waals surface area contributed by atoms with Crippen LogP contribution in [0.2, 0.25) is 0 Å². The van der Waals surface area contributed by atoms with Gasteiger partial charge >= 0.3 is 0 Å². The molecular weight excluding hydrogens is 483 g/mol. The molecule has 162 valence electrons. The predicted molar refractivity (Wildman–Crippen MR) is 84.2 cm³/mol. The smallest absolute Gasteiger partial charge is 0.222 e. The van der Waals surface area contributed by atoms with E-state index in [1.54, 1.807) is 0 Å². The minimum atomic E-state index is -4.94. The van der Waals surface area contributed by atoms with Gasteiger partial charge in [0.15, 0.2) is 0 Å². The van der Waals surface area contributed by atoms with E-state index in [2.05, 4.69) is 58.5 Å². The van der Waals surface area contributed by atoms with Crippen molar-refractivity contribution in [2.24, 2.45) is 0 Å². The molecule has 0 amide bonds. The Morgan fingerprint density at radius 3 is 1.17 bits per heavy atom. The fraction of sp³-hybridized carbons (Fsp3) is 0.125. The first-order valence-corrected chi connectivity index (χ1v) is 12.0. The number of hydrogen-bond acceptors (Lipinski definition) is 10. The van der Waals surface area contributed by atoms with Gasteiger partial charge in [-0.25, -0.2) is 37.3 Å². The van der Waals surface area contributed by atoms with Crippen molar-refractivity contribution in [1.29, 1.82) is 0 Å². The van der Waals surface area contributed by atoms with Crippen molar-refractivity contribution in [2.75, 3.05) is 0 Å². The van der Waals surface area contributed by atoms with Gasteiger partial charge in [0.05, 0.1) is 12.8 Å². The molecule has 2 heterocycles. The lowest BCUT2D eigenvalue weighted by atomic mass is 10.3. The molecule has 0 saturated carbocycles. The van der Waals surface area contributed by atoms with Crippen LogP contribution in [0, 0.1) is 20.5 Å². The lowest BCUT2D eigenvalue weighted by molar-refractivity contribution is -2.00. The van der Waals surface area contributed by atoms with Crippen LogP contribution < -0.4 is 47.2 Å². The first kappa shape index (κ1) is 24.7. The van der Waals surface area contributed by atoms with Gasteiger partial charge in [-0.1, -0.05) is 46.9 Å². The van der Waals surface area contributed by atoms with E-state index in [1.165, 1.54) is 30.4 Å². The highest BCUT2D eigenvalue weighted by molar-refractivity contribution is 7.18. The van der Waals surface area contributed by atoms with E-state index in [0.717, 1.165) is 12.8 Å². The summed E-state index contributed by atoms with van der Waals surface area (Å²) in [5.74, 6) is 0. The lowest BCUT2D eigenvalue weighted by Gasteiger charge is -2.17. The van der Waals surface area contributed by atoms with Crippen LogP contribution in [0.3, 0.4) is 0 Å². The zero-order valence-electron chi connectivity index (χ0n) is 14.9. The van der Waals surface area contributed by atoms with Crippen molar-refractivity contribution in [2.45, 2.75) is 12.8 Å². The highest BCUT2D eigenvalue weighted by atomic mass is 35.7. The molecule has 2 aromatic carbocycles. The summed E-state index contributed by atoms with van der Waals surface area (Å²) in [6.07, 6.45) is 2.12. The quantitative estimate of drug-likeness (QED) is 0.265. The molecule has 0 aliphatic heterocycles. The lowest BCUT2D eigenvalue weighted by Crippen LogP contribution is -2.68. The number of aryl methyl sites for hydroxylation is 2. The summed E-state index contributed by atoms with van der Waals surface area (Å²) in [6, 6.07) is 17.0. The second-order valence-electron chi connectivity index (χ2n) is 5.55. The standard InChI is InChI=1S/C16H12N2S2.2ClHO4/c1-3-7-13-11(5-1)17-15(19-13)9-10-16-18-12-6-2-4-8-14(12)20-16;2*2-1(3,4)5/h1-8H,9-10H2;2*(H,2,3,4,5). The maximum Gasteiger partial charge on any atom is 0.237 e. The molecule has 14 heteroatoms. The molecule has 0 aliphatic carbocycles. The molecular formula is C16H14Cl2N2O8S2. The van der Waals surface area contributed by atoms with E-state index < -0.39 is 20.5 Å². The molecule has 0 atom stereocenters. The molecule has 4 rings (SSSR count). The number of aromatic nitrogens is 2. The Balaban J connectivity index is 0.000000271. The Bertz CT molecular complexity index is 914. The van der Waals surface area contributed by atoms with Crippen LogP contribution >= 0.6 is 22.7 Å². The van der Waals surface area contributed by atoms with Crippen molar-refractivity contribution < 1.29 is 67.7 Å². The van der Waals surface area contributed by atoms with Gasteiger partial charge in [0.1, 0.15) is 9.40 Å². The SMILES string of the molecule is [O-][Cl+3]([O-])([O-])[O-].[O-][Cl+3]([O-])([O-])[O-].c1ccc2sc(CCc3[nH+]c4ccccc4s3)[nH+]c2c1. The Morgan fingerprint density at radius 2 is 0.867 bits per heavy atom. The Morgan fingerprint density at radius 1 is 0.567 bits per heavy atom. The largest absolute Gasteiger partial charge is 0.237 e. The van der Waals surface area contributed by atoms with E-state index in [-0.39, 0.29) is 0 Å². The van der Waals surface area contributed by atoms with Crippen molar-refractivity contribution in [3.8, 4) is 0 Å². The second kappa shape index (κ2) is 10.7. The average molecular weight is 497 g/mol. The third-order valence-corrected chi connectivity index (χ3v) is 5.62. The number of halogens is 2. The van der Waals surface area contributed by atoms with Crippen molar-refractivity contribution >= 4 is 43.1 Å². The predicted octanol–water partition coefficient (Wildman–Crippen LogP) is -5.98. The van der Waals surface area contributed by atoms with Gasteiger partial charge in [-0.3, -0.25) is 0 Å². The molecule has 0 radical (unpaired) electrons. The molecule has 2 N–H and O–H groups in total. The normalized spacial score (nSPS) is 11.6. The number of nitrogens with one attached hydrogen (secondary N) is 2. The van der Waals surface area contributed by atoms with Crippen LogP contribution in [0.25, 0.3) is 20.4 Å². The maximum atomic E-state index is 8.49. The number of aromatic amines is 2. The van der Waals surface area contributed by atoms with Crippen LogP contribution in [0.1, 0.15) is 10.0 Å². The van der Waals surface area contributed by atoms with Crippen LogP contribution in [0.4, 0.5) is 0 Å². The summed E-state index contributed by atoms with van der Waals surface area (Å²) in [4.78, 5) is 7.02. The molecule has 2 aromatic heterocycles. The molecule has 0 spiro atoms. The zero-order valence-corrected chi connectivity index (χ0v) is 18.0. The molecule has 10 nitrogen and oxygen atoms in total. The fourth-order valence-corrected chi connectivity index (χ4v) is 4.40. The average Bonchev–Trinajstić information content (AvgIpc) is 3.20. The zero-order chi connectivity index (χ0) is 22.4. The summed E-state index contributed by atoms with van der Waals surface area (Å²) in [5, 5.41) is 2.69. The number of thiazole rings is 2. The van der Waals surface area contributed by atoms with Gasteiger partial charge in [0.25, 0.3) is 0 Å². The number of rotatable bonds is 3. The van der Waals surface area contributed by atoms with Crippen LogP contribution in [-0.2, 0) is 12.8 Å². The number of benzene rings is 2. The van der Waals surface area contributed by atoms with Gasteiger partial charge in [-0.05, 0) is 12.1 Å². The number of para-hydroxylation sites is 2.